The number of carbonyl (C=O) groups excluding carboxylic acids is 1. The van der Waals surface area contributed by atoms with Gasteiger partial charge in [-0.1, -0.05) is 0 Å². The molecule has 0 fully saturated rings. The van der Waals surface area contributed by atoms with Crippen LogP contribution in [0.1, 0.15) is 28.2 Å². The molecule has 0 bridgehead atoms. The Morgan fingerprint density at radius 3 is 2.79 bits per heavy atom. The second-order valence-electron chi connectivity index (χ2n) is 3.87. The van der Waals surface area contributed by atoms with E-state index in [1.165, 1.54) is 0 Å². The van der Waals surface area contributed by atoms with E-state index in [-0.39, 0.29) is 5.91 Å². The highest BCUT2D eigenvalue weighted by molar-refractivity contribution is 5.94. The molecule has 2 heterocycles. The number of hydrogen-bond acceptors (Lipinski definition) is 2. The van der Waals surface area contributed by atoms with Crippen molar-refractivity contribution in [1.29, 1.82) is 0 Å². The van der Waals surface area contributed by atoms with Gasteiger partial charge in [0.2, 0.25) is 0 Å². The highest BCUT2D eigenvalue weighted by Crippen LogP contribution is 2.20. The van der Waals surface area contributed by atoms with Crippen LogP contribution < -0.4 is 0 Å². The largest absolute Gasteiger partial charge is 0.340 e. The molecule has 0 aliphatic carbocycles. The van der Waals surface area contributed by atoms with Crippen LogP contribution in [-0.2, 0) is 13.5 Å². The first-order valence-electron chi connectivity index (χ1n) is 4.89. The Labute approximate surface area is 83.5 Å². The third-order valence-corrected chi connectivity index (χ3v) is 2.82. The van der Waals surface area contributed by atoms with Crippen LogP contribution in [0.5, 0.6) is 0 Å². The van der Waals surface area contributed by atoms with Crippen molar-refractivity contribution in [3.8, 4) is 0 Å². The summed E-state index contributed by atoms with van der Waals surface area (Å²) in [4.78, 5) is 13.7. The maximum Gasteiger partial charge on any atom is 0.272 e. The van der Waals surface area contributed by atoms with Crippen LogP contribution in [0.25, 0.3) is 0 Å². The molecule has 1 aromatic rings. The Bertz CT molecular complexity index is 381. The van der Waals surface area contributed by atoms with E-state index in [2.05, 4.69) is 5.10 Å². The highest BCUT2D eigenvalue weighted by Gasteiger charge is 2.25. The topological polar surface area (TPSA) is 38.1 Å². The second-order valence-corrected chi connectivity index (χ2v) is 3.87. The summed E-state index contributed by atoms with van der Waals surface area (Å²) in [5.74, 6) is 0.0978. The van der Waals surface area contributed by atoms with Gasteiger partial charge >= 0.3 is 0 Å². The molecule has 0 saturated heterocycles. The average molecular weight is 193 g/mol. The minimum atomic E-state index is 0.0978. The van der Waals surface area contributed by atoms with Crippen molar-refractivity contribution in [1.82, 2.24) is 14.7 Å². The molecule has 0 aromatic carbocycles. The van der Waals surface area contributed by atoms with Gasteiger partial charge in [-0.2, -0.15) is 5.10 Å². The Morgan fingerprint density at radius 2 is 2.07 bits per heavy atom. The van der Waals surface area contributed by atoms with Crippen LogP contribution in [0.15, 0.2) is 0 Å². The van der Waals surface area contributed by atoms with E-state index in [0.29, 0.717) is 0 Å². The quantitative estimate of drug-likeness (QED) is 0.609. The third kappa shape index (κ3) is 1.22. The van der Waals surface area contributed by atoms with Gasteiger partial charge in [0.1, 0.15) is 5.69 Å². The molecule has 14 heavy (non-hydrogen) atoms. The smallest absolute Gasteiger partial charge is 0.272 e. The van der Waals surface area contributed by atoms with Crippen molar-refractivity contribution in [3.05, 3.63) is 17.0 Å². The van der Waals surface area contributed by atoms with Crippen molar-refractivity contribution >= 4 is 5.91 Å². The average Bonchev–Trinajstić information content (AvgIpc) is 2.29. The van der Waals surface area contributed by atoms with Crippen LogP contribution in [0.3, 0.4) is 0 Å². The lowest BCUT2D eigenvalue weighted by Crippen LogP contribution is -2.28. The van der Waals surface area contributed by atoms with Gasteiger partial charge in [0, 0.05) is 26.2 Å². The first-order valence-corrected chi connectivity index (χ1v) is 4.89. The molecule has 4 heteroatoms. The fourth-order valence-corrected chi connectivity index (χ4v) is 2.04. The number of aromatic nitrogens is 2. The number of nitrogens with zero attached hydrogens (tertiary/aromatic N) is 3. The zero-order chi connectivity index (χ0) is 10.3. The van der Waals surface area contributed by atoms with Crippen LogP contribution >= 0.6 is 0 Å². The van der Waals surface area contributed by atoms with E-state index in [0.717, 1.165) is 36.3 Å². The van der Waals surface area contributed by atoms with E-state index >= 15 is 0 Å². The number of aryl methyl sites for hydroxylation is 2. The van der Waals surface area contributed by atoms with Crippen LogP contribution in [0, 0.1) is 6.92 Å². The Balaban J connectivity index is 2.56. The summed E-state index contributed by atoms with van der Waals surface area (Å²) in [5.41, 5.74) is 2.88. The number of rotatable bonds is 0. The summed E-state index contributed by atoms with van der Waals surface area (Å²) in [6.07, 6.45) is 1.99. The van der Waals surface area contributed by atoms with E-state index in [1.807, 2.05) is 21.0 Å². The van der Waals surface area contributed by atoms with Gasteiger partial charge in [0.05, 0.1) is 5.69 Å². The molecule has 76 valence electrons. The zero-order valence-corrected chi connectivity index (χ0v) is 8.87. The van der Waals surface area contributed by atoms with Crippen molar-refractivity contribution in [2.75, 3.05) is 13.6 Å². The summed E-state index contributed by atoms with van der Waals surface area (Å²) in [5, 5.41) is 4.29. The minimum absolute atomic E-state index is 0.0978. The van der Waals surface area contributed by atoms with Gasteiger partial charge in [-0.15, -0.1) is 0 Å². The van der Waals surface area contributed by atoms with Crippen LogP contribution in [0.2, 0.25) is 0 Å². The van der Waals surface area contributed by atoms with Crippen LogP contribution in [0.4, 0.5) is 0 Å². The maximum absolute atomic E-state index is 11.9. The number of fused-ring (bicyclic) bond motifs is 1. The van der Waals surface area contributed by atoms with Gasteiger partial charge in [-0.25, -0.2) is 0 Å². The molecule has 1 aliphatic rings. The number of carbonyl (C=O) groups is 1. The number of hydrogen-bond donors (Lipinski definition) is 0. The molecule has 2 rings (SSSR count). The molecular weight excluding hydrogens is 178 g/mol. The molecular formula is C10H15N3O. The lowest BCUT2D eigenvalue weighted by Gasteiger charge is -2.13. The summed E-state index contributed by atoms with van der Waals surface area (Å²) in [7, 11) is 3.68. The lowest BCUT2D eigenvalue weighted by atomic mass is 10.1. The summed E-state index contributed by atoms with van der Waals surface area (Å²) in [6.45, 7) is 2.81. The van der Waals surface area contributed by atoms with E-state index in [1.54, 1.807) is 9.58 Å². The van der Waals surface area contributed by atoms with Crippen LogP contribution in [-0.4, -0.2) is 34.2 Å². The molecule has 0 unspecified atom stereocenters. The van der Waals surface area contributed by atoms with Gasteiger partial charge in [-0.3, -0.25) is 9.48 Å². The molecule has 0 N–H and O–H groups in total. The molecule has 0 spiro atoms. The minimum Gasteiger partial charge on any atom is -0.340 e. The van der Waals surface area contributed by atoms with Crippen molar-refractivity contribution in [3.63, 3.8) is 0 Å². The zero-order valence-electron chi connectivity index (χ0n) is 8.87. The summed E-state index contributed by atoms with van der Waals surface area (Å²) in [6, 6.07) is 0. The SMILES string of the molecule is Cc1nn(C)c2c1CCCN(C)C2=O. The second kappa shape index (κ2) is 3.12. The van der Waals surface area contributed by atoms with Gasteiger partial charge in [-0.05, 0) is 19.8 Å². The monoisotopic (exact) mass is 193 g/mol. The van der Waals surface area contributed by atoms with E-state index < -0.39 is 0 Å². The Hall–Kier alpha value is -1.32. The predicted octanol–water partition coefficient (Wildman–Crippen LogP) is 0.747. The van der Waals surface area contributed by atoms with Crippen molar-refractivity contribution in [2.45, 2.75) is 19.8 Å². The van der Waals surface area contributed by atoms with E-state index in [9.17, 15) is 4.79 Å². The standard InChI is InChI=1S/C10H15N3O/c1-7-8-5-4-6-12(2)10(14)9(8)13(3)11-7/h4-6H2,1-3H3. The third-order valence-electron chi connectivity index (χ3n) is 2.82. The first kappa shape index (κ1) is 9.24. The fraction of sp³-hybridized carbons (Fsp3) is 0.600. The van der Waals surface area contributed by atoms with Gasteiger partial charge < -0.3 is 4.90 Å². The molecule has 0 radical (unpaired) electrons. The molecule has 0 atom stereocenters. The molecule has 1 aromatic heterocycles. The summed E-state index contributed by atoms with van der Waals surface area (Å²) >= 11 is 0. The van der Waals surface area contributed by atoms with Crippen molar-refractivity contribution < 1.29 is 4.79 Å². The molecule has 1 amide bonds. The molecule has 0 saturated carbocycles. The maximum atomic E-state index is 11.9. The number of amides is 1. The fourth-order valence-electron chi connectivity index (χ4n) is 2.04. The van der Waals surface area contributed by atoms with Crippen molar-refractivity contribution in [2.24, 2.45) is 7.05 Å². The molecule has 4 nitrogen and oxygen atoms in total. The van der Waals surface area contributed by atoms with Gasteiger partial charge in [0.15, 0.2) is 0 Å². The van der Waals surface area contributed by atoms with E-state index in [4.69, 9.17) is 0 Å². The Morgan fingerprint density at radius 1 is 1.36 bits per heavy atom. The highest BCUT2D eigenvalue weighted by atomic mass is 16.2. The normalized spacial score (nSPS) is 16.8. The van der Waals surface area contributed by atoms with Gasteiger partial charge in [0.25, 0.3) is 5.91 Å². The lowest BCUT2D eigenvalue weighted by molar-refractivity contribution is 0.0789. The Kier molecular flexibility index (Phi) is 2.06. The first-order chi connectivity index (χ1) is 6.61. The predicted molar refractivity (Wildman–Crippen MR) is 53.2 cm³/mol. The molecule has 1 aliphatic heterocycles. The summed E-state index contributed by atoms with van der Waals surface area (Å²) < 4.78 is 1.70.